The van der Waals surface area contributed by atoms with Gasteiger partial charge in [0.2, 0.25) is 0 Å². The van der Waals surface area contributed by atoms with Crippen LogP contribution in [0.25, 0.3) is 0 Å². The maximum absolute atomic E-state index is 5.48. The van der Waals surface area contributed by atoms with Gasteiger partial charge in [0, 0.05) is 5.56 Å². The molecule has 2 N–H and O–H groups in total. The number of ether oxygens (including phenoxy) is 1. The van der Waals surface area contributed by atoms with Crippen LogP contribution in [0.5, 0.6) is 5.75 Å². The van der Waals surface area contributed by atoms with Gasteiger partial charge in [-0.1, -0.05) is 23.9 Å². The number of hydrogen-bond donors (Lipinski definition) is 1. The van der Waals surface area contributed by atoms with Crippen molar-refractivity contribution in [3.05, 3.63) is 29.8 Å². The van der Waals surface area contributed by atoms with E-state index in [2.05, 4.69) is 10.2 Å². The first-order valence-electron chi connectivity index (χ1n) is 4.31. The summed E-state index contributed by atoms with van der Waals surface area (Å²) in [5.74, 6) is 0.763. The van der Waals surface area contributed by atoms with Crippen molar-refractivity contribution in [3.63, 3.8) is 0 Å². The highest BCUT2D eigenvalue weighted by Crippen LogP contribution is 2.14. The van der Waals surface area contributed by atoms with Gasteiger partial charge >= 0.3 is 0 Å². The van der Waals surface area contributed by atoms with Crippen molar-refractivity contribution >= 4 is 23.1 Å². The van der Waals surface area contributed by atoms with Gasteiger partial charge in [-0.25, -0.2) is 0 Å². The number of thioether (sulfide) groups is 1. The van der Waals surface area contributed by atoms with Crippen LogP contribution in [0.2, 0.25) is 0 Å². The Bertz CT molecular complexity index is 377. The lowest BCUT2D eigenvalue weighted by atomic mass is 10.2. The highest BCUT2D eigenvalue weighted by atomic mass is 32.2. The maximum Gasteiger partial charge on any atom is 0.180 e. The number of nitrogens with two attached hydrogens (primary N) is 1. The van der Waals surface area contributed by atoms with Gasteiger partial charge in [0.1, 0.15) is 5.75 Å². The molecule has 0 unspecified atom stereocenters. The molecule has 0 heterocycles. The van der Waals surface area contributed by atoms with Crippen LogP contribution < -0.4 is 10.5 Å². The number of benzene rings is 1. The Labute approximate surface area is 93.2 Å². The molecule has 0 spiro atoms. The lowest BCUT2D eigenvalue weighted by molar-refractivity contribution is 0.414. The summed E-state index contributed by atoms with van der Waals surface area (Å²) >= 11 is 1.35. The minimum atomic E-state index is 0.432. The third-order valence-electron chi connectivity index (χ3n) is 1.70. The molecule has 0 saturated carbocycles. The SMILES string of the molecule is COc1ccccc1/C=N/N=C(N)SC. The number of nitrogens with zero attached hydrogens (tertiary/aromatic N) is 2. The molecule has 0 fully saturated rings. The average Bonchev–Trinajstić information content (AvgIpc) is 2.29. The van der Waals surface area contributed by atoms with Crippen molar-refractivity contribution in [2.24, 2.45) is 15.9 Å². The van der Waals surface area contributed by atoms with Crippen molar-refractivity contribution in [2.75, 3.05) is 13.4 Å². The van der Waals surface area contributed by atoms with Gasteiger partial charge in [-0.05, 0) is 18.4 Å². The Kier molecular flexibility index (Phi) is 4.70. The lowest BCUT2D eigenvalue weighted by Gasteiger charge is -2.01. The Hall–Kier alpha value is -1.49. The first-order valence-corrected chi connectivity index (χ1v) is 5.54. The molecule has 0 aromatic heterocycles. The summed E-state index contributed by atoms with van der Waals surface area (Å²) in [5.41, 5.74) is 6.35. The summed E-state index contributed by atoms with van der Waals surface area (Å²) in [5, 5.41) is 8.07. The van der Waals surface area contributed by atoms with Crippen LogP contribution in [0.1, 0.15) is 5.56 Å². The van der Waals surface area contributed by atoms with Crippen LogP contribution in [0.15, 0.2) is 34.5 Å². The zero-order chi connectivity index (χ0) is 11.1. The molecule has 0 bridgehead atoms. The van der Waals surface area contributed by atoms with Crippen molar-refractivity contribution in [2.45, 2.75) is 0 Å². The van der Waals surface area contributed by atoms with E-state index in [9.17, 15) is 0 Å². The summed E-state index contributed by atoms with van der Waals surface area (Å²) in [7, 11) is 1.62. The molecule has 0 saturated heterocycles. The van der Waals surface area contributed by atoms with Crippen LogP contribution in [0, 0.1) is 0 Å². The van der Waals surface area contributed by atoms with E-state index in [0.717, 1.165) is 11.3 Å². The number of amidine groups is 1. The normalized spacial score (nSPS) is 12.0. The Balaban J connectivity index is 2.80. The molecule has 0 amide bonds. The number of methoxy groups -OCH3 is 1. The topological polar surface area (TPSA) is 60.0 Å². The molecule has 0 aliphatic heterocycles. The Morgan fingerprint density at radius 1 is 1.47 bits per heavy atom. The summed E-state index contributed by atoms with van der Waals surface area (Å²) < 4.78 is 5.15. The molecule has 1 aromatic carbocycles. The monoisotopic (exact) mass is 223 g/mol. The predicted octanol–water partition coefficient (Wildman–Crippen LogP) is 1.71. The van der Waals surface area contributed by atoms with E-state index in [-0.39, 0.29) is 0 Å². The number of rotatable bonds is 3. The fourth-order valence-electron chi connectivity index (χ4n) is 0.962. The molecular weight excluding hydrogens is 210 g/mol. The second kappa shape index (κ2) is 6.08. The fraction of sp³-hybridized carbons (Fsp3) is 0.200. The largest absolute Gasteiger partial charge is 0.496 e. The predicted molar refractivity (Wildman–Crippen MR) is 65.7 cm³/mol. The summed E-state index contributed by atoms with van der Waals surface area (Å²) in [6.07, 6.45) is 3.46. The van der Waals surface area contributed by atoms with E-state index < -0.39 is 0 Å². The van der Waals surface area contributed by atoms with Gasteiger partial charge < -0.3 is 10.5 Å². The Morgan fingerprint density at radius 2 is 2.20 bits per heavy atom. The number of hydrogen-bond acceptors (Lipinski definition) is 4. The van der Waals surface area contributed by atoms with Crippen LogP contribution >= 0.6 is 11.8 Å². The average molecular weight is 223 g/mol. The zero-order valence-corrected chi connectivity index (χ0v) is 9.49. The third kappa shape index (κ3) is 3.63. The highest BCUT2D eigenvalue weighted by molar-refractivity contribution is 8.13. The quantitative estimate of drug-likeness (QED) is 0.482. The van der Waals surface area contributed by atoms with Crippen molar-refractivity contribution in [1.29, 1.82) is 0 Å². The van der Waals surface area contributed by atoms with Gasteiger partial charge in [-0.2, -0.15) is 5.10 Å². The second-order valence-corrected chi connectivity index (χ2v) is 3.46. The van der Waals surface area contributed by atoms with Gasteiger partial charge in [-0.15, -0.1) is 5.10 Å². The van der Waals surface area contributed by atoms with Gasteiger partial charge in [0.05, 0.1) is 13.3 Å². The summed E-state index contributed by atoms with van der Waals surface area (Å²) in [6.45, 7) is 0. The van der Waals surface area contributed by atoms with E-state index in [1.807, 2.05) is 30.5 Å². The van der Waals surface area contributed by atoms with E-state index in [1.165, 1.54) is 11.8 Å². The molecule has 1 aromatic rings. The molecule has 5 heteroatoms. The van der Waals surface area contributed by atoms with E-state index in [1.54, 1.807) is 13.3 Å². The summed E-state index contributed by atoms with van der Waals surface area (Å²) in [6, 6.07) is 7.57. The molecule has 0 aliphatic rings. The number of para-hydroxylation sites is 1. The smallest absolute Gasteiger partial charge is 0.180 e. The molecule has 0 radical (unpaired) electrons. The maximum atomic E-state index is 5.48. The molecule has 1 rings (SSSR count). The van der Waals surface area contributed by atoms with Crippen LogP contribution in [0.4, 0.5) is 0 Å². The molecule has 4 nitrogen and oxygen atoms in total. The van der Waals surface area contributed by atoms with Gasteiger partial charge in [0.25, 0.3) is 0 Å². The van der Waals surface area contributed by atoms with Crippen LogP contribution in [-0.4, -0.2) is 24.7 Å². The zero-order valence-electron chi connectivity index (χ0n) is 8.68. The Morgan fingerprint density at radius 3 is 2.87 bits per heavy atom. The highest BCUT2D eigenvalue weighted by Gasteiger charge is 1.96. The summed E-state index contributed by atoms with van der Waals surface area (Å²) in [4.78, 5) is 0. The standard InChI is InChI=1S/C10H13N3OS/c1-14-9-6-4-3-5-8(9)7-12-13-10(11)15-2/h3-7H,1-2H3,(H2,11,13)/b12-7+. The first kappa shape index (κ1) is 11.6. The fourth-order valence-corrected chi connectivity index (χ4v) is 1.09. The molecule has 0 atom stereocenters. The molecule has 15 heavy (non-hydrogen) atoms. The van der Waals surface area contributed by atoms with E-state index in [4.69, 9.17) is 10.5 Å². The second-order valence-electron chi connectivity index (χ2n) is 2.63. The molecular formula is C10H13N3OS. The van der Waals surface area contributed by atoms with E-state index in [0.29, 0.717) is 5.17 Å². The minimum absolute atomic E-state index is 0.432. The van der Waals surface area contributed by atoms with Crippen LogP contribution in [0.3, 0.4) is 0 Å². The van der Waals surface area contributed by atoms with Gasteiger partial charge in [-0.3, -0.25) is 0 Å². The third-order valence-corrected chi connectivity index (χ3v) is 2.20. The van der Waals surface area contributed by atoms with Crippen molar-refractivity contribution in [3.8, 4) is 5.75 Å². The van der Waals surface area contributed by atoms with Gasteiger partial charge in [0.15, 0.2) is 5.17 Å². The van der Waals surface area contributed by atoms with Crippen molar-refractivity contribution < 1.29 is 4.74 Å². The first-order chi connectivity index (χ1) is 7.27. The van der Waals surface area contributed by atoms with Crippen LogP contribution in [-0.2, 0) is 0 Å². The molecule has 0 aliphatic carbocycles. The molecule has 80 valence electrons. The lowest BCUT2D eigenvalue weighted by Crippen LogP contribution is -2.04. The van der Waals surface area contributed by atoms with E-state index >= 15 is 0 Å². The van der Waals surface area contributed by atoms with Crippen molar-refractivity contribution in [1.82, 2.24) is 0 Å². The minimum Gasteiger partial charge on any atom is -0.496 e.